The first kappa shape index (κ1) is 26.7. The fourth-order valence-electron chi connectivity index (χ4n) is 2.38. The summed E-state index contributed by atoms with van der Waals surface area (Å²) in [5, 5.41) is 39.1. The van der Waals surface area contributed by atoms with E-state index in [4.69, 9.17) is 19.8 Å². The molecule has 0 aliphatic rings. The van der Waals surface area contributed by atoms with E-state index < -0.39 is 11.9 Å². The van der Waals surface area contributed by atoms with Crippen molar-refractivity contribution < 1.29 is 30.0 Å². The summed E-state index contributed by atoms with van der Waals surface area (Å²) < 4.78 is 0. The molecule has 5 N–H and O–H groups in total. The zero-order valence-corrected chi connectivity index (χ0v) is 17.5. The number of carboxylic acids is 2. The van der Waals surface area contributed by atoms with Crippen LogP contribution in [0.5, 0.6) is 11.5 Å². The molecule has 0 atom stereocenters. The molecular formula is C22H26ClNO6. The van der Waals surface area contributed by atoms with E-state index in [9.17, 15) is 10.2 Å². The van der Waals surface area contributed by atoms with Crippen LogP contribution in [0, 0.1) is 0 Å². The Labute approximate surface area is 181 Å². The van der Waals surface area contributed by atoms with Crippen molar-refractivity contribution in [2.75, 3.05) is 0 Å². The molecule has 3 rings (SSSR count). The van der Waals surface area contributed by atoms with Crippen molar-refractivity contribution in [3.8, 4) is 11.5 Å². The fourth-order valence-corrected chi connectivity index (χ4v) is 2.38. The fraction of sp³-hybridized carbons (Fsp3) is 0.182. The van der Waals surface area contributed by atoms with E-state index in [0.717, 1.165) is 43.3 Å². The summed E-state index contributed by atoms with van der Waals surface area (Å²) in [6, 6.07) is 19.4. The van der Waals surface area contributed by atoms with E-state index in [1.807, 2.05) is 36.4 Å². The van der Waals surface area contributed by atoms with Crippen molar-refractivity contribution >= 4 is 35.1 Å². The molecule has 30 heavy (non-hydrogen) atoms. The van der Waals surface area contributed by atoms with Crippen molar-refractivity contribution in [3.05, 3.63) is 71.8 Å². The molecule has 0 aromatic heterocycles. The summed E-state index contributed by atoms with van der Waals surface area (Å²) in [5.74, 6) is -1.84. The molecule has 0 amide bonds. The third-order valence-electron chi connectivity index (χ3n) is 3.50. The van der Waals surface area contributed by atoms with Crippen LogP contribution in [-0.4, -0.2) is 32.4 Å². The number of hydrogen-bond donors (Lipinski definition) is 5. The number of fused-ring (bicyclic) bond motifs is 1. The molecule has 3 aromatic carbocycles. The maximum Gasteiger partial charge on any atom is 0.300 e. The third-order valence-corrected chi connectivity index (χ3v) is 3.50. The first-order chi connectivity index (χ1) is 13.7. The van der Waals surface area contributed by atoms with E-state index in [1.54, 1.807) is 12.1 Å². The highest BCUT2D eigenvalue weighted by Crippen LogP contribution is 2.30. The number of benzene rings is 3. The van der Waals surface area contributed by atoms with E-state index in [-0.39, 0.29) is 23.9 Å². The van der Waals surface area contributed by atoms with Gasteiger partial charge in [-0.25, -0.2) is 0 Å². The quantitative estimate of drug-likeness (QED) is 0.389. The number of hydrogen-bond acceptors (Lipinski definition) is 5. The zero-order valence-electron chi connectivity index (χ0n) is 16.7. The summed E-state index contributed by atoms with van der Waals surface area (Å²) in [4.78, 5) is 18.0. The largest absolute Gasteiger partial charge is 0.504 e. The molecule has 0 saturated carbocycles. The Kier molecular flexibility index (Phi) is 12.3. The van der Waals surface area contributed by atoms with Crippen LogP contribution in [0.4, 0.5) is 0 Å². The van der Waals surface area contributed by atoms with Crippen molar-refractivity contribution in [3.63, 3.8) is 0 Å². The van der Waals surface area contributed by atoms with Gasteiger partial charge in [-0.1, -0.05) is 42.5 Å². The maximum atomic E-state index is 9.57. The summed E-state index contributed by atoms with van der Waals surface area (Å²) in [7, 11) is 0. The Bertz CT molecular complexity index is 927. The second-order valence-electron chi connectivity index (χ2n) is 6.15. The minimum absolute atomic E-state index is 0. The Balaban J connectivity index is 0.000000808. The Morgan fingerprint density at radius 2 is 1.20 bits per heavy atom. The highest BCUT2D eigenvalue weighted by Gasteiger charge is 2.03. The van der Waals surface area contributed by atoms with Gasteiger partial charge >= 0.3 is 0 Å². The van der Waals surface area contributed by atoms with E-state index in [0.29, 0.717) is 0 Å². The van der Waals surface area contributed by atoms with Gasteiger partial charge in [-0.3, -0.25) is 9.59 Å². The van der Waals surface area contributed by atoms with Crippen LogP contribution in [0.2, 0.25) is 0 Å². The highest BCUT2D eigenvalue weighted by molar-refractivity contribution is 5.86. The lowest BCUT2D eigenvalue weighted by molar-refractivity contribution is -0.135. The van der Waals surface area contributed by atoms with E-state index >= 15 is 0 Å². The molecule has 0 bridgehead atoms. The summed E-state index contributed by atoms with van der Waals surface area (Å²) in [6.45, 7) is 3.74. The summed E-state index contributed by atoms with van der Waals surface area (Å²) in [5.41, 5.74) is 2.39. The number of carboxylic acid groups (broad SMARTS) is 2. The highest BCUT2D eigenvalue weighted by atomic mass is 35.5. The topological polar surface area (TPSA) is 127 Å². The number of carbonyl (C=O) groups is 2. The second kappa shape index (κ2) is 13.8. The number of phenolic OH excluding ortho intramolecular Hbond substituents is 2. The van der Waals surface area contributed by atoms with Crippen LogP contribution < -0.4 is 5.32 Å². The van der Waals surface area contributed by atoms with Crippen LogP contribution in [0.25, 0.3) is 10.8 Å². The van der Waals surface area contributed by atoms with Crippen molar-refractivity contribution in [2.45, 2.75) is 26.9 Å². The standard InChI is InChI=1S/C18H17NO2.2C2H4O2.ClH/c20-17-9-15-7-6-14(8-16(15)10-18(17)21)12-19-11-13-4-2-1-3-5-13;2*1-2(3)4;/h1-10,19-21H,11-12H2;2*1H3,(H,3,4);1H. The maximum absolute atomic E-state index is 9.57. The number of phenols is 2. The molecule has 3 aromatic rings. The van der Waals surface area contributed by atoms with Gasteiger partial charge in [0.25, 0.3) is 11.9 Å². The van der Waals surface area contributed by atoms with Crippen LogP contribution in [-0.2, 0) is 22.7 Å². The summed E-state index contributed by atoms with van der Waals surface area (Å²) in [6.07, 6.45) is 0. The molecule has 0 unspecified atom stereocenters. The minimum Gasteiger partial charge on any atom is -0.504 e. The number of aromatic hydroxyl groups is 2. The Hall–Kier alpha value is -3.29. The smallest absolute Gasteiger partial charge is 0.300 e. The molecular weight excluding hydrogens is 410 g/mol. The van der Waals surface area contributed by atoms with Gasteiger partial charge in [-0.2, -0.15) is 0 Å². The molecule has 0 aliphatic heterocycles. The first-order valence-electron chi connectivity index (χ1n) is 8.77. The summed E-state index contributed by atoms with van der Waals surface area (Å²) >= 11 is 0. The molecule has 8 heteroatoms. The normalized spacial score (nSPS) is 9.27. The predicted octanol–water partition coefficient (Wildman–Crippen LogP) is 4.14. The molecule has 162 valence electrons. The van der Waals surface area contributed by atoms with Crippen LogP contribution in [0.1, 0.15) is 25.0 Å². The van der Waals surface area contributed by atoms with Crippen molar-refractivity contribution in [1.82, 2.24) is 5.32 Å². The Morgan fingerprint density at radius 3 is 1.73 bits per heavy atom. The number of aliphatic carboxylic acids is 2. The minimum atomic E-state index is -0.833. The monoisotopic (exact) mass is 435 g/mol. The molecule has 7 nitrogen and oxygen atoms in total. The van der Waals surface area contributed by atoms with Crippen LogP contribution in [0.15, 0.2) is 60.7 Å². The number of halogens is 1. The van der Waals surface area contributed by atoms with E-state index in [1.165, 1.54) is 5.56 Å². The van der Waals surface area contributed by atoms with Crippen LogP contribution in [0.3, 0.4) is 0 Å². The Morgan fingerprint density at radius 1 is 0.733 bits per heavy atom. The molecule has 0 aliphatic carbocycles. The average Bonchev–Trinajstić information content (AvgIpc) is 2.63. The lowest BCUT2D eigenvalue weighted by Gasteiger charge is -2.07. The van der Waals surface area contributed by atoms with Crippen LogP contribution >= 0.6 is 12.4 Å². The molecule has 0 saturated heterocycles. The molecule has 0 radical (unpaired) electrons. The predicted molar refractivity (Wildman–Crippen MR) is 118 cm³/mol. The van der Waals surface area contributed by atoms with E-state index in [2.05, 4.69) is 17.4 Å². The first-order valence-corrected chi connectivity index (χ1v) is 8.77. The number of nitrogens with one attached hydrogen (secondary N) is 1. The SMILES string of the molecule is CC(=O)O.CC(=O)O.Cl.Oc1cc2ccc(CNCc3ccccc3)cc2cc1O. The van der Waals surface area contributed by atoms with Gasteiger partial charge in [0.15, 0.2) is 11.5 Å². The molecule has 0 fully saturated rings. The van der Waals surface area contributed by atoms with Gasteiger partial charge in [0, 0.05) is 26.9 Å². The lowest BCUT2D eigenvalue weighted by Crippen LogP contribution is -2.12. The zero-order chi connectivity index (χ0) is 21.8. The van der Waals surface area contributed by atoms with Crippen molar-refractivity contribution in [1.29, 1.82) is 0 Å². The van der Waals surface area contributed by atoms with Gasteiger partial charge < -0.3 is 25.7 Å². The van der Waals surface area contributed by atoms with Crippen molar-refractivity contribution in [2.24, 2.45) is 0 Å². The van der Waals surface area contributed by atoms with Gasteiger partial charge in [-0.05, 0) is 40.1 Å². The van der Waals surface area contributed by atoms with Gasteiger partial charge in [0.05, 0.1) is 0 Å². The third kappa shape index (κ3) is 10.9. The van der Waals surface area contributed by atoms with Gasteiger partial charge in [-0.15, -0.1) is 12.4 Å². The molecule has 0 heterocycles. The molecule has 0 spiro atoms. The van der Waals surface area contributed by atoms with Gasteiger partial charge in [0.1, 0.15) is 0 Å². The second-order valence-corrected chi connectivity index (χ2v) is 6.15. The van der Waals surface area contributed by atoms with Gasteiger partial charge in [0.2, 0.25) is 0 Å². The lowest BCUT2D eigenvalue weighted by atomic mass is 10.1. The average molecular weight is 436 g/mol. The number of rotatable bonds is 4.